The van der Waals surface area contributed by atoms with E-state index < -0.39 is 11.9 Å². The molecule has 0 aromatic heterocycles. The molecule has 4 nitrogen and oxygen atoms in total. The van der Waals surface area contributed by atoms with E-state index in [0.29, 0.717) is 0 Å². The SMILES string of the molecule is CC(=O)OC(=O)CN1CCCCC1. The number of ether oxygens (including phenoxy) is 1. The molecule has 1 heterocycles. The summed E-state index contributed by atoms with van der Waals surface area (Å²) in [6, 6.07) is 0. The smallest absolute Gasteiger partial charge is 0.327 e. The third-order valence-electron chi connectivity index (χ3n) is 2.06. The molecule has 0 unspecified atom stereocenters. The lowest BCUT2D eigenvalue weighted by atomic mass is 10.1. The Morgan fingerprint density at radius 2 is 1.85 bits per heavy atom. The molecule has 0 atom stereocenters. The molecule has 4 heteroatoms. The maximum absolute atomic E-state index is 11.0. The molecular formula is C9H15NO3. The first-order valence-electron chi connectivity index (χ1n) is 4.62. The number of nitrogens with zero attached hydrogens (tertiary/aromatic N) is 1. The second kappa shape index (κ2) is 4.97. The van der Waals surface area contributed by atoms with E-state index in [1.54, 1.807) is 0 Å². The van der Waals surface area contributed by atoms with Crippen molar-refractivity contribution < 1.29 is 14.3 Å². The minimum absolute atomic E-state index is 0.250. The predicted molar refractivity (Wildman–Crippen MR) is 47.1 cm³/mol. The van der Waals surface area contributed by atoms with E-state index in [1.165, 1.54) is 13.3 Å². The molecule has 1 rings (SSSR count). The molecule has 1 fully saturated rings. The highest BCUT2D eigenvalue weighted by Gasteiger charge is 2.15. The van der Waals surface area contributed by atoms with Crippen LogP contribution >= 0.6 is 0 Å². The van der Waals surface area contributed by atoms with Crippen LogP contribution in [0.2, 0.25) is 0 Å². The van der Waals surface area contributed by atoms with Crippen molar-refractivity contribution in [3.8, 4) is 0 Å². The Hall–Kier alpha value is -0.900. The van der Waals surface area contributed by atoms with Crippen LogP contribution in [0.15, 0.2) is 0 Å². The van der Waals surface area contributed by atoms with Gasteiger partial charge in [-0.3, -0.25) is 14.5 Å². The molecule has 1 aliphatic rings. The van der Waals surface area contributed by atoms with Crippen molar-refractivity contribution in [1.29, 1.82) is 0 Å². The summed E-state index contributed by atoms with van der Waals surface area (Å²) >= 11 is 0. The maximum atomic E-state index is 11.0. The monoisotopic (exact) mass is 185 g/mol. The Morgan fingerprint density at radius 3 is 2.38 bits per heavy atom. The molecule has 0 saturated carbocycles. The lowest BCUT2D eigenvalue weighted by Gasteiger charge is -2.24. The van der Waals surface area contributed by atoms with E-state index in [1.807, 2.05) is 4.90 Å². The van der Waals surface area contributed by atoms with Gasteiger partial charge in [0.25, 0.3) is 0 Å². The van der Waals surface area contributed by atoms with Crippen LogP contribution in [0, 0.1) is 0 Å². The first-order chi connectivity index (χ1) is 6.18. The highest BCUT2D eigenvalue weighted by Crippen LogP contribution is 2.07. The third kappa shape index (κ3) is 4.03. The summed E-state index contributed by atoms with van der Waals surface area (Å²) in [5, 5.41) is 0. The fourth-order valence-corrected chi connectivity index (χ4v) is 1.49. The largest absolute Gasteiger partial charge is 0.392 e. The molecule has 0 aromatic carbocycles. The van der Waals surface area contributed by atoms with E-state index in [9.17, 15) is 9.59 Å². The molecule has 0 radical (unpaired) electrons. The number of rotatable bonds is 2. The number of carbonyl (C=O) groups is 2. The summed E-state index contributed by atoms with van der Waals surface area (Å²) in [6.45, 7) is 3.37. The second-order valence-electron chi connectivity index (χ2n) is 3.30. The van der Waals surface area contributed by atoms with Crippen molar-refractivity contribution in [3.63, 3.8) is 0 Å². The summed E-state index contributed by atoms with van der Waals surface area (Å²) in [7, 11) is 0. The predicted octanol–water partition coefficient (Wildman–Crippen LogP) is 0.562. The Labute approximate surface area is 77.8 Å². The Morgan fingerprint density at radius 1 is 1.23 bits per heavy atom. The van der Waals surface area contributed by atoms with Gasteiger partial charge in [0.05, 0.1) is 6.54 Å². The minimum atomic E-state index is -0.526. The zero-order valence-corrected chi connectivity index (χ0v) is 7.91. The van der Waals surface area contributed by atoms with Gasteiger partial charge < -0.3 is 4.74 Å². The van der Waals surface area contributed by atoms with Crippen molar-refractivity contribution in [2.45, 2.75) is 26.2 Å². The van der Waals surface area contributed by atoms with Gasteiger partial charge in [0.2, 0.25) is 0 Å². The van der Waals surface area contributed by atoms with E-state index >= 15 is 0 Å². The summed E-state index contributed by atoms with van der Waals surface area (Å²) in [4.78, 5) is 23.5. The number of esters is 2. The molecular weight excluding hydrogens is 170 g/mol. The van der Waals surface area contributed by atoms with Crippen LogP contribution < -0.4 is 0 Å². The first kappa shape index (κ1) is 10.2. The molecule has 13 heavy (non-hydrogen) atoms. The van der Waals surface area contributed by atoms with Crippen molar-refractivity contribution >= 4 is 11.9 Å². The van der Waals surface area contributed by atoms with Gasteiger partial charge in [-0.25, -0.2) is 0 Å². The number of likely N-dealkylation sites (tertiary alicyclic amines) is 1. The second-order valence-corrected chi connectivity index (χ2v) is 3.30. The van der Waals surface area contributed by atoms with E-state index in [4.69, 9.17) is 0 Å². The van der Waals surface area contributed by atoms with Gasteiger partial charge in [0.1, 0.15) is 0 Å². The van der Waals surface area contributed by atoms with Crippen LogP contribution in [0.5, 0.6) is 0 Å². The molecule has 1 aliphatic heterocycles. The summed E-state index contributed by atoms with van der Waals surface area (Å²) in [6.07, 6.45) is 3.50. The van der Waals surface area contributed by atoms with Gasteiger partial charge in [-0.15, -0.1) is 0 Å². The highest BCUT2D eigenvalue weighted by atomic mass is 16.6. The van der Waals surface area contributed by atoms with Crippen LogP contribution in [-0.2, 0) is 14.3 Å². The lowest BCUT2D eigenvalue weighted by Crippen LogP contribution is -2.35. The van der Waals surface area contributed by atoms with Gasteiger partial charge in [0.15, 0.2) is 0 Å². The van der Waals surface area contributed by atoms with Gasteiger partial charge in [-0.2, -0.15) is 0 Å². The first-order valence-corrected chi connectivity index (χ1v) is 4.62. The zero-order chi connectivity index (χ0) is 9.68. The normalized spacial score (nSPS) is 18.2. The zero-order valence-electron chi connectivity index (χ0n) is 7.91. The number of hydrogen-bond donors (Lipinski definition) is 0. The Balaban J connectivity index is 2.22. The molecule has 0 amide bonds. The van der Waals surface area contributed by atoms with Gasteiger partial charge in [0, 0.05) is 6.92 Å². The van der Waals surface area contributed by atoms with Gasteiger partial charge in [-0.1, -0.05) is 6.42 Å². The summed E-state index contributed by atoms with van der Waals surface area (Å²) in [5.41, 5.74) is 0. The van der Waals surface area contributed by atoms with Crippen molar-refractivity contribution in [2.24, 2.45) is 0 Å². The average Bonchev–Trinajstić information content (AvgIpc) is 2.04. The van der Waals surface area contributed by atoms with Crippen LogP contribution in [0.4, 0.5) is 0 Å². The van der Waals surface area contributed by atoms with Gasteiger partial charge >= 0.3 is 11.9 Å². The van der Waals surface area contributed by atoms with Gasteiger partial charge in [-0.05, 0) is 25.9 Å². The van der Waals surface area contributed by atoms with Crippen molar-refractivity contribution in [1.82, 2.24) is 4.90 Å². The van der Waals surface area contributed by atoms with E-state index in [-0.39, 0.29) is 6.54 Å². The molecule has 1 saturated heterocycles. The quantitative estimate of drug-likeness (QED) is 0.466. The molecule has 0 bridgehead atoms. The summed E-state index contributed by atoms with van der Waals surface area (Å²) in [5.74, 6) is -0.962. The number of carbonyl (C=O) groups excluding carboxylic acids is 2. The van der Waals surface area contributed by atoms with Crippen LogP contribution in [0.1, 0.15) is 26.2 Å². The molecule has 0 spiro atoms. The van der Waals surface area contributed by atoms with E-state index in [0.717, 1.165) is 25.9 Å². The molecule has 0 N–H and O–H groups in total. The summed E-state index contributed by atoms with van der Waals surface area (Å²) < 4.78 is 4.43. The topological polar surface area (TPSA) is 46.6 Å². The standard InChI is InChI=1S/C9H15NO3/c1-8(11)13-9(12)7-10-5-3-2-4-6-10/h2-7H2,1H3. The fourth-order valence-electron chi connectivity index (χ4n) is 1.49. The van der Waals surface area contributed by atoms with Crippen LogP contribution in [0.3, 0.4) is 0 Å². The van der Waals surface area contributed by atoms with Crippen molar-refractivity contribution in [2.75, 3.05) is 19.6 Å². The molecule has 0 aliphatic carbocycles. The van der Waals surface area contributed by atoms with Crippen LogP contribution in [0.25, 0.3) is 0 Å². The molecule has 0 aromatic rings. The Bertz CT molecular complexity index is 197. The number of hydrogen-bond acceptors (Lipinski definition) is 4. The Kier molecular flexibility index (Phi) is 3.89. The third-order valence-corrected chi connectivity index (χ3v) is 2.06. The lowest BCUT2D eigenvalue weighted by molar-refractivity contribution is -0.158. The number of piperidine rings is 1. The minimum Gasteiger partial charge on any atom is -0.392 e. The van der Waals surface area contributed by atoms with Crippen LogP contribution in [-0.4, -0.2) is 36.5 Å². The average molecular weight is 185 g/mol. The van der Waals surface area contributed by atoms with E-state index in [2.05, 4.69) is 4.74 Å². The maximum Gasteiger partial charge on any atom is 0.327 e. The fraction of sp³-hybridized carbons (Fsp3) is 0.778. The highest BCUT2D eigenvalue weighted by molar-refractivity contribution is 5.85. The van der Waals surface area contributed by atoms with Crippen molar-refractivity contribution in [3.05, 3.63) is 0 Å². The molecule has 74 valence electrons.